The molecule has 0 fully saturated rings. The molecule has 0 aliphatic heterocycles. The molecule has 0 rings (SSSR count). The van der Waals surface area contributed by atoms with Crippen molar-refractivity contribution in [3.8, 4) is 0 Å². The molecule has 0 nitrogen and oxygen atoms in total. The summed E-state index contributed by atoms with van der Waals surface area (Å²) in [6, 6.07) is 0. The van der Waals surface area contributed by atoms with Crippen LogP contribution in [0.2, 0.25) is 0 Å². The van der Waals surface area contributed by atoms with E-state index in [0.29, 0.717) is 5.92 Å². The predicted octanol–water partition coefficient (Wildman–Crippen LogP) is 3.51. The van der Waals surface area contributed by atoms with Gasteiger partial charge < -0.3 is 0 Å². The zero-order chi connectivity index (χ0) is 8.20. The van der Waals surface area contributed by atoms with Crippen molar-refractivity contribution in [2.75, 3.05) is 5.33 Å². The van der Waals surface area contributed by atoms with E-state index < -0.39 is 0 Å². The second-order valence-electron chi connectivity index (χ2n) is 2.97. The maximum absolute atomic E-state index is 4.61. The van der Waals surface area contributed by atoms with Crippen molar-refractivity contribution in [3.05, 3.63) is 0 Å². The summed E-state index contributed by atoms with van der Waals surface area (Å²) in [5, 5.41) is 1.07. The molecule has 0 spiro atoms. The third-order valence-corrected chi connectivity index (χ3v) is 3.74. The zero-order valence-electron chi connectivity index (χ0n) is 7.02. The third kappa shape index (κ3) is 2.83. The lowest BCUT2D eigenvalue weighted by atomic mass is 9.90. The number of rotatable bonds is 4. The average molecular weight is 225 g/mol. The van der Waals surface area contributed by atoms with Crippen LogP contribution in [0.1, 0.15) is 33.6 Å². The second kappa shape index (κ2) is 4.66. The van der Waals surface area contributed by atoms with Gasteiger partial charge in [0.05, 0.1) is 0 Å². The van der Waals surface area contributed by atoms with Crippen LogP contribution in [-0.4, -0.2) is 10.1 Å². The molecule has 10 heavy (non-hydrogen) atoms. The van der Waals surface area contributed by atoms with Crippen molar-refractivity contribution in [2.45, 2.75) is 38.4 Å². The monoisotopic (exact) mass is 224 g/mol. The maximum atomic E-state index is 4.61. The van der Waals surface area contributed by atoms with Crippen LogP contribution >= 0.6 is 28.6 Å². The molecule has 0 saturated carbocycles. The molecule has 0 aliphatic carbocycles. The van der Waals surface area contributed by atoms with Crippen LogP contribution in [0.15, 0.2) is 0 Å². The number of thiol groups is 1. The van der Waals surface area contributed by atoms with E-state index in [9.17, 15) is 0 Å². The van der Waals surface area contributed by atoms with Crippen molar-refractivity contribution < 1.29 is 0 Å². The van der Waals surface area contributed by atoms with Gasteiger partial charge in [-0.15, -0.1) is 0 Å². The molecule has 0 radical (unpaired) electrons. The van der Waals surface area contributed by atoms with Gasteiger partial charge in [0.25, 0.3) is 0 Å². The van der Waals surface area contributed by atoms with E-state index in [1.165, 1.54) is 6.42 Å². The van der Waals surface area contributed by atoms with E-state index in [1.54, 1.807) is 0 Å². The molecule has 0 saturated heterocycles. The zero-order valence-corrected chi connectivity index (χ0v) is 9.50. The number of halogens is 1. The van der Waals surface area contributed by atoms with Crippen LogP contribution < -0.4 is 0 Å². The highest BCUT2D eigenvalue weighted by atomic mass is 79.9. The lowest BCUT2D eigenvalue weighted by Crippen LogP contribution is -2.28. The Hall–Kier alpha value is 0.830. The standard InChI is InChI=1S/C8H17BrS/c1-4-7(6-9)8(3,10)5-2/h7,10H,4-6H2,1-3H3/t7-,8+/m0/s1. The third-order valence-electron chi connectivity index (χ3n) is 2.27. The minimum absolute atomic E-state index is 0.207. The van der Waals surface area contributed by atoms with E-state index >= 15 is 0 Å². The first-order valence-electron chi connectivity index (χ1n) is 3.86. The highest BCUT2D eigenvalue weighted by Gasteiger charge is 2.25. The summed E-state index contributed by atoms with van der Waals surface area (Å²) in [6.45, 7) is 6.62. The van der Waals surface area contributed by atoms with Gasteiger partial charge in [-0.25, -0.2) is 0 Å². The van der Waals surface area contributed by atoms with Crippen molar-refractivity contribution in [3.63, 3.8) is 0 Å². The molecule has 2 atom stereocenters. The molecule has 0 aromatic rings. The van der Waals surface area contributed by atoms with Crippen LogP contribution in [0.25, 0.3) is 0 Å². The fraction of sp³-hybridized carbons (Fsp3) is 1.00. The summed E-state index contributed by atoms with van der Waals surface area (Å²) in [6.07, 6.45) is 2.35. The molecule has 0 amide bonds. The Morgan fingerprint density at radius 1 is 1.50 bits per heavy atom. The fourth-order valence-electron chi connectivity index (χ4n) is 1.00. The number of hydrogen-bond donors (Lipinski definition) is 1. The SMILES string of the molecule is CC[C@@H](CBr)[C@](C)(S)CC. The molecule has 2 heteroatoms. The number of alkyl halides is 1. The van der Waals surface area contributed by atoms with Crippen molar-refractivity contribution in [2.24, 2.45) is 5.92 Å². The van der Waals surface area contributed by atoms with E-state index in [-0.39, 0.29) is 4.75 Å². The van der Waals surface area contributed by atoms with Crippen molar-refractivity contribution in [1.82, 2.24) is 0 Å². The Labute approximate surface area is 78.3 Å². The van der Waals surface area contributed by atoms with Crippen molar-refractivity contribution in [1.29, 1.82) is 0 Å². The summed E-state index contributed by atoms with van der Waals surface area (Å²) in [5.41, 5.74) is 0. The fourth-order valence-corrected chi connectivity index (χ4v) is 2.70. The van der Waals surface area contributed by atoms with Crippen LogP contribution in [0.3, 0.4) is 0 Å². The van der Waals surface area contributed by atoms with E-state index in [1.807, 2.05) is 0 Å². The molecule has 0 unspecified atom stereocenters. The second-order valence-corrected chi connectivity index (χ2v) is 4.64. The Kier molecular flexibility index (Phi) is 5.04. The summed E-state index contributed by atoms with van der Waals surface area (Å²) in [4.78, 5) is 0. The van der Waals surface area contributed by atoms with E-state index in [4.69, 9.17) is 0 Å². The Morgan fingerprint density at radius 3 is 2.10 bits per heavy atom. The predicted molar refractivity (Wildman–Crippen MR) is 55.3 cm³/mol. The minimum atomic E-state index is 0.207. The highest BCUT2D eigenvalue weighted by molar-refractivity contribution is 9.09. The van der Waals surface area contributed by atoms with Gasteiger partial charge in [0.2, 0.25) is 0 Å². The molecular formula is C8H17BrS. The maximum Gasteiger partial charge on any atom is 0.0135 e. The molecule has 0 heterocycles. The van der Waals surface area contributed by atoms with Crippen LogP contribution in [-0.2, 0) is 0 Å². The van der Waals surface area contributed by atoms with Gasteiger partial charge in [0.1, 0.15) is 0 Å². The topological polar surface area (TPSA) is 0 Å². The first-order chi connectivity index (χ1) is 4.58. The summed E-state index contributed by atoms with van der Waals surface area (Å²) in [7, 11) is 0. The van der Waals surface area contributed by atoms with Gasteiger partial charge >= 0.3 is 0 Å². The van der Waals surface area contributed by atoms with Crippen LogP contribution in [0.4, 0.5) is 0 Å². The highest BCUT2D eigenvalue weighted by Crippen LogP contribution is 2.31. The van der Waals surface area contributed by atoms with Gasteiger partial charge in [0, 0.05) is 10.1 Å². The lowest BCUT2D eigenvalue weighted by Gasteiger charge is -2.30. The molecule has 0 aromatic carbocycles. The van der Waals surface area contributed by atoms with E-state index in [0.717, 1.165) is 11.8 Å². The van der Waals surface area contributed by atoms with Crippen LogP contribution in [0.5, 0.6) is 0 Å². The minimum Gasteiger partial charge on any atom is -0.172 e. The van der Waals surface area contributed by atoms with Gasteiger partial charge in [-0.05, 0) is 12.3 Å². The summed E-state index contributed by atoms with van der Waals surface area (Å²) in [5.74, 6) is 0.695. The quantitative estimate of drug-likeness (QED) is 0.549. The molecule has 0 N–H and O–H groups in total. The number of hydrogen-bond acceptors (Lipinski definition) is 1. The Balaban J connectivity index is 3.97. The Morgan fingerprint density at radius 2 is 2.00 bits per heavy atom. The average Bonchev–Trinajstić information content (AvgIpc) is 1.90. The smallest absolute Gasteiger partial charge is 0.0135 e. The van der Waals surface area contributed by atoms with Crippen molar-refractivity contribution >= 4 is 28.6 Å². The molecule has 62 valence electrons. The molecule has 0 aliphatic rings. The van der Waals surface area contributed by atoms with Gasteiger partial charge in [-0.2, -0.15) is 12.6 Å². The summed E-state index contributed by atoms with van der Waals surface area (Å²) < 4.78 is 0.207. The molecule has 0 bridgehead atoms. The first kappa shape index (κ1) is 10.8. The summed E-state index contributed by atoms with van der Waals surface area (Å²) >= 11 is 8.12. The lowest BCUT2D eigenvalue weighted by molar-refractivity contribution is 0.422. The van der Waals surface area contributed by atoms with Gasteiger partial charge in [-0.3, -0.25) is 0 Å². The first-order valence-corrected chi connectivity index (χ1v) is 5.43. The molecule has 0 aromatic heterocycles. The largest absolute Gasteiger partial charge is 0.172 e. The van der Waals surface area contributed by atoms with Gasteiger partial charge in [-0.1, -0.05) is 43.1 Å². The molecular weight excluding hydrogens is 208 g/mol. The van der Waals surface area contributed by atoms with E-state index in [2.05, 4.69) is 49.3 Å². The van der Waals surface area contributed by atoms with Gasteiger partial charge in [0.15, 0.2) is 0 Å². The normalized spacial score (nSPS) is 20.1. The Bertz CT molecular complexity index is 87.3. The van der Waals surface area contributed by atoms with Crippen LogP contribution in [0, 0.1) is 5.92 Å².